The predicted molar refractivity (Wildman–Crippen MR) is 81.4 cm³/mol. The van der Waals surface area contributed by atoms with Crippen molar-refractivity contribution in [2.75, 3.05) is 24.2 Å². The number of piperidine rings is 1. The fourth-order valence-electron chi connectivity index (χ4n) is 2.25. The van der Waals surface area contributed by atoms with E-state index in [1.165, 1.54) is 30.8 Å². The molecular formula is C12H17N5S2. The lowest BCUT2D eigenvalue weighted by atomic mass is 10.2. The van der Waals surface area contributed by atoms with Crippen molar-refractivity contribution >= 4 is 33.7 Å². The Labute approximate surface area is 120 Å². The normalized spacial score (nSPS) is 16.7. The minimum absolute atomic E-state index is 0.565. The van der Waals surface area contributed by atoms with Crippen LogP contribution in [0.1, 0.15) is 24.3 Å². The van der Waals surface area contributed by atoms with E-state index in [0.29, 0.717) is 5.82 Å². The van der Waals surface area contributed by atoms with E-state index in [2.05, 4.69) is 19.8 Å². The molecule has 1 aliphatic heterocycles. The van der Waals surface area contributed by atoms with Gasteiger partial charge in [0, 0.05) is 18.5 Å². The molecule has 0 aromatic carbocycles. The van der Waals surface area contributed by atoms with Gasteiger partial charge in [0.05, 0.1) is 16.3 Å². The Balaban J connectivity index is 1.85. The number of nitrogen functional groups attached to an aromatic ring is 1. The summed E-state index contributed by atoms with van der Waals surface area (Å²) in [5.74, 6) is 0.565. The highest BCUT2D eigenvalue weighted by Gasteiger charge is 2.19. The smallest absolute Gasteiger partial charge is 0.148 e. The molecule has 1 fully saturated rings. The van der Waals surface area contributed by atoms with Crippen LogP contribution in [-0.2, 0) is 0 Å². The van der Waals surface area contributed by atoms with Crippen LogP contribution in [0.3, 0.4) is 0 Å². The van der Waals surface area contributed by atoms with Crippen LogP contribution in [0, 0.1) is 6.92 Å². The standard InChI is InChI=1S/C12H17N5S2/c1-8-14-9(7-18-8)10-11(13)16-19-12(10)15-17-5-3-2-4-6-17/h7,15H,2-6H2,1H3,(H2,13,16). The molecule has 1 aliphatic rings. The first kappa shape index (κ1) is 12.8. The average Bonchev–Trinajstić information content (AvgIpc) is 2.97. The van der Waals surface area contributed by atoms with Gasteiger partial charge in [0.15, 0.2) is 0 Å². The molecule has 3 heterocycles. The van der Waals surface area contributed by atoms with Gasteiger partial charge >= 0.3 is 0 Å². The quantitative estimate of drug-likeness (QED) is 0.911. The highest BCUT2D eigenvalue weighted by Crippen LogP contribution is 2.37. The van der Waals surface area contributed by atoms with E-state index < -0.39 is 0 Å². The first-order valence-corrected chi connectivity index (χ1v) is 8.08. The number of nitrogens with one attached hydrogen (secondary N) is 1. The summed E-state index contributed by atoms with van der Waals surface area (Å²) in [6.07, 6.45) is 3.81. The predicted octanol–water partition coefficient (Wildman–Crippen LogP) is 2.97. The number of aryl methyl sites for hydroxylation is 1. The van der Waals surface area contributed by atoms with Gasteiger partial charge in [-0.05, 0) is 31.3 Å². The number of hydrazine groups is 1. The Bertz CT molecular complexity index is 556. The maximum atomic E-state index is 5.99. The van der Waals surface area contributed by atoms with Crippen molar-refractivity contribution in [3.8, 4) is 11.3 Å². The average molecular weight is 295 g/mol. The monoisotopic (exact) mass is 295 g/mol. The van der Waals surface area contributed by atoms with Crippen LogP contribution in [0.5, 0.6) is 0 Å². The molecule has 0 atom stereocenters. The van der Waals surface area contributed by atoms with Gasteiger partial charge in [-0.15, -0.1) is 11.3 Å². The van der Waals surface area contributed by atoms with Gasteiger partial charge in [0.2, 0.25) is 0 Å². The van der Waals surface area contributed by atoms with Gasteiger partial charge in [-0.2, -0.15) is 4.37 Å². The second-order valence-corrected chi connectivity index (χ2v) is 6.52. The Hall–Kier alpha value is -1.18. The molecule has 102 valence electrons. The lowest BCUT2D eigenvalue weighted by molar-refractivity contribution is 0.274. The molecule has 0 spiro atoms. The minimum atomic E-state index is 0.565. The van der Waals surface area contributed by atoms with E-state index in [1.807, 2.05) is 12.3 Å². The zero-order chi connectivity index (χ0) is 13.2. The van der Waals surface area contributed by atoms with Crippen LogP contribution >= 0.6 is 22.9 Å². The molecule has 2 aromatic rings. The summed E-state index contributed by atoms with van der Waals surface area (Å²) in [4.78, 5) is 4.51. The van der Waals surface area contributed by atoms with E-state index in [-0.39, 0.29) is 0 Å². The Kier molecular flexibility index (Phi) is 3.67. The maximum absolute atomic E-state index is 5.99. The third-order valence-corrected chi connectivity index (χ3v) is 4.75. The van der Waals surface area contributed by atoms with E-state index in [1.54, 1.807) is 11.3 Å². The first-order valence-electron chi connectivity index (χ1n) is 6.43. The fraction of sp³-hybridized carbons (Fsp3) is 0.500. The van der Waals surface area contributed by atoms with Crippen LogP contribution < -0.4 is 11.2 Å². The maximum Gasteiger partial charge on any atom is 0.148 e. The van der Waals surface area contributed by atoms with Gasteiger partial charge < -0.3 is 11.2 Å². The molecule has 3 rings (SSSR count). The van der Waals surface area contributed by atoms with Crippen LogP contribution in [0.25, 0.3) is 11.3 Å². The number of hydrogen-bond donors (Lipinski definition) is 2. The molecule has 3 N–H and O–H groups in total. The van der Waals surface area contributed by atoms with E-state index in [0.717, 1.165) is 34.4 Å². The number of rotatable bonds is 3. The van der Waals surface area contributed by atoms with Crippen LogP contribution in [0.4, 0.5) is 10.8 Å². The first-order chi connectivity index (χ1) is 9.24. The summed E-state index contributed by atoms with van der Waals surface area (Å²) in [5, 5.41) is 6.34. The molecule has 5 nitrogen and oxygen atoms in total. The number of anilines is 2. The fourth-order valence-corrected chi connectivity index (χ4v) is 3.61. The van der Waals surface area contributed by atoms with Crippen molar-refractivity contribution in [2.24, 2.45) is 0 Å². The molecule has 0 bridgehead atoms. The van der Waals surface area contributed by atoms with Gasteiger partial charge in [0.1, 0.15) is 10.8 Å². The molecule has 1 saturated heterocycles. The molecule has 7 heteroatoms. The van der Waals surface area contributed by atoms with Gasteiger partial charge in [0.25, 0.3) is 0 Å². The third kappa shape index (κ3) is 2.72. The lowest BCUT2D eigenvalue weighted by Crippen LogP contribution is -2.34. The van der Waals surface area contributed by atoms with Crippen molar-refractivity contribution in [2.45, 2.75) is 26.2 Å². The third-order valence-electron chi connectivity index (χ3n) is 3.21. The number of thiazole rings is 1. The largest absolute Gasteiger partial charge is 0.382 e. The summed E-state index contributed by atoms with van der Waals surface area (Å²) in [6, 6.07) is 0. The molecule has 0 aliphatic carbocycles. The van der Waals surface area contributed by atoms with Crippen LogP contribution in [0.15, 0.2) is 5.38 Å². The van der Waals surface area contributed by atoms with E-state index in [9.17, 15) is 0 Å². The van der Waals surface area contributed by atoms with Crippen molar-refractivity contribution in [1.82, 2.24) is 14.4 Å². The second-order valence-electron chi connectivity index (χ2n) is 4.68. The molecule has 0 unspecified atom stereocenters. The van der Waals surface area contributed by atoms with Crippen molar-refractivity contribution in [3.05, 3.63) is 10.4 Å². The SMILES string of the molecule is Cc1nc(-c2c(N)nsc2NN2CCCCC2)cs1. The van der Waals surface area contributed by atoms with Crippen molar-refractivity contribution in [3.63, 3.8) is 0 Å². The van der Waals surface area contributed by atoms with E-state index >= 15 is 0 Å². The van der Waals surface area contributed by atoms with Crippen LogP contribution in [-0.4, -0.2) is 27.5 Å². The molecule has 0 saturated carbocycles. The summed E-state index contributed by atoms with van der Waals surface area (Å²) in [6.45, 7) is 4.16. The Morgan fingerprint density at radius 3 is 2.79 bits per heavy atom. The molecule has 0 amide bonds. The number of nitrogens with zero attached hydrogens (tertiary/aromatic N) is 3. The topological polar surface area (TPSA) is 67.1 Å². The molecular weight excluding hydrogens is 278 g/mol. The highest BCUT2D eigenvalue weighted by molar-refractivity contribution is 7.11. The van der Waals surface area contributed by atoms with Crippen LogP contribution in [0.2, 0.25) is 0 Å². The molecule has 19 heavy (non-hydrogen) atoms. The van der Waals surface area contributed by atoms with Crippen molar-refractivity contribution < 1.29 is 0 Å². The lowest BCUT2D eigenvalue weighted by Gasteiger charge is -2.27. The number of nitrogens with two attached hydrogens (primary N) is 1. The van der Waals surface area contributed by atoms with Gasteiger partial charge in [-0.3, -0.25) is 0 Å². The van der Waals surface area contributed by atoms with Gasteiger partial charge in [-0.25, -0.2) is 9.99 Å². The number of aromatic nitrogens is 2. The Morgan fingerprint density at radius 2 is 2.11 bits per heavy atom. The minimum Gasteiger partial charge on any atom is -0.382 e. The summed E-state index contributed by atoms with van der Waals surface area (Å²) >= 11 is 3.05. The number of hydrogen-bond acceptors (Lipinski definition) is 7. The zero-order valence-corrected chi connectivity index (χ0v) is 12.5. The summed E-state index contributed by atoms with van der Waals surface area (Å²) < 4.78 is 4.26. The van der Waals surface area contributed by atoms with Crippen molar-refractivity contribution in [1.29, 1.82) is 0 Å². The Morgan fingerprint density at radius 1 is 1.32 bits per heavy atom. The summed E-state index contributed by atoms with van der Waals surface area (Å²) in [7, 11) is 0. The zero-order valence-electron chi connectivity index (χ0n) is 10.8. The molecule has 0 radical (unpaired) electrons. The second kappa shape index (κ2) is 5.44. The van der Waals surface area contributed by atoms with Gasteiger partial charge in [-0.1, -0.05) is 6.42 Å². The van der Waals surface area contributed by atoms with E-state index in [4.69, 9.17) is 5.73 Å². The highest BCUT2D eigenvalue weighted by atomic mass is 32.1. The summed E-state index contributed by atoms with van der Waals surface area (Å²) in [5.41, 5.74) is 11.3. The molecule has 2 aromatic heterocycles.